The Morgan fingerprint density at radius 1 is 1.39 bits per heavy atom. The molecule has 1 N–H and O–H groups in total. The lowest BCUT2D eigenvalue weighted by atomic mass is 10.2. The van der Waals surface area contributed by atoms with Crippen molar-refractivity contribution in [3.05, 3.63) is 27.7 Å². The van der Waals surface area contributed by atoms with Crippen molar-refractivity contribution in [2.45, 2.75) is 12.5 Å². The van der Waals surface area contributed by atoms with E-state index in [2.05, 4.69) is 4.74 Å². The topological polar surface area (TPSA) is 72.8 Å². The zero-order valence-electron chi connectivity index (χ0n) is 8.98. The molecule has 5 nitrogen and oxygen atoms in total. The highest BCUT2D eigenvalue weighted by molar-refractivity contribution is 6.37. The molecule has 1 aromatic carbocycles. The number of phenols is 1. The standard InChI is InChI=1S/C11H8Cl2O5/c12-6-3-5(4-7(13)9(6)14)10(15)18-8-1-2-17-11(8)16/h3-4,8,14H,1-2H2/t8-/m1/s1. The number of esters is 2. The summed E-state index contributed by atoms with van der Waals surface area (Å²) in [5, 5.41) is 9.22. The molecule has 2 rings (SSSR count). The molecule has 0 radical (unpaired) electrons. The van der Waals surface area contributed by atoms with Crippen LogP contribution in [0.1, 0.15) is 16.8 Å². The summed E-state index contributed by atoms with van der Waals surface area (Å²) in [6, 6.07) is 2.43. The van der Waals surface area contributed by atoms with Crippen LogP contribution in [-0.4, -0.2) is 29.8 Å². The molecule has 1 atom stereocenters. The normalized spacial score (nSPS) is 18.6. The Bertz CT molecular complexity index is 491. The van der Waals surface area contributed by atoms with Crippen molar-refractivity contribution >= 4 is 35.1 Å². The minimum atomic E-state index is -0.899. The van der Waals surface area contributed by atoms with Crippen molar-refractivity contribution in [3.8, 4) is 5.75 Å². The molecule has 0 spiro atoms. The third-order valence-electron chi connectivity index (χ3n) is 2.39. The molecule has 0 unspecified atom stereocenters. The largest absolute Gasteiger partial charge is 0.505 e. The summed E-state index contributed by atoms with van der Waals surface area (Å²) >= 11 is 11.3. The minimum absolute atomic E-state index is 0.0579. The van der Waals surface area contributed by atoms with Gasteiger partial charge in [-0.25, -0.2) is 9.59 Å². The highest BCUT2D eigenvalue weighted by Gasteiger charge is 2.30. The fourth-order valence-corrected chi connectivity index (χ4v) is 1.95. The molecule has 1 saturated heterocycles. The van der Waals surface area contributed by atoms with Gasteiger partial charge in [-0.2, -0.15) is 0 Å². The first kappa shape index (κ1) is 13.0. The predicted octanol–water partition coefficient (Wildman–Crippen LogP) is 2.17. The smallest absolute Gasteiger partial charge is 0.347 e. The van der Waals surface area contributed by atoms with Crippen LogP contribution in [0, 0.1) is 0 Å². The van der Waals surface area contributed by atoms with Gasteiger partial charge in [0, 0.05) is 6.42 Å². The van der Waals surface area contributed by atoms with Crippen LogP contribution in [0.15, 0.2) is 12.1 Å². The molecule has 1 aliphatic heterocycles. The Balaban J connectivity index is 2.16. The molecule has 0 amide bonds. The van der Waals surface area contributed by atoms with Crippen LogP contribution in [0.3, 0.4) is 0 Å². The van der Waals surface area contributed by atoms with Gasteiger partial charge in [-0.3, -0.25) is 0 Å². The average molecular weight is 291 g/mol. The Hall–Kier alpha value is -1.46. The van der Waals surface area contributed by atoms with E-state index < -0.39 is 18.0 Å². The number of hydrogen-bond acceptors (Lipinski definition) is 5. The second kappa shape index (κ2) is 5.04. The van der Waals surface area contributed by atoms with E-state index in [9.17, 15) is 14.7 Å². The second-order valence-corrected chi connectivity index (χ2v) is 4.45. The highest BCUT2D eigenvalue weighted by atomic mass is 35.5. The van der Waals surface area contributed by atoms with E-state index in [1.165, 1.54) is 12.1 Å². The van der Waals surface area contributed by atoms with Gasteiger partial charge >= 0.3 is 11.9 Å². The zero-order chi connectivity index (χ0) is 13.3. The Morgan fingerprint density at radius 3 is 2.50 bits per heavy atom. The monoisotopic (exact) mass is 290 g/mol. The molecule has 96 valence electrons. The molecule has 7 heteroatoms. The lowest BCUT2D eigenvalue weighted by Gasteiger charge is -2.09. The van der Waals surface area contributed by atoms with E-state index >= 15 is 0 Å². The van der Waals surface area contributed by atoms with Gasteiger partial charge < -0.3 is 14.6 Å². The lowest BCUT2D eigenvalue weighted by molar-refractivity contribution is -0.145. The van der Waals surface area contributed by atoms with Gasteiger partial charge in [0.2, 0.25) is 6.10 Å². The van der Waals surface area contributed by atoms with E-state index in [0.29, 0.717) is 6.42 Å². The van der Waals surface area contributed by atoms with Crippen LogP contribution in [0.2, 0.25) is 10.0 Å². The highest BCUT2D eigenvalue weighted by Crippen LogP contribution is 2.33. The fraction of sp³-hybridized carbons (Fsp3) is 0.273. The van der Waals surface area contributed by atoms with Crippen molar-refractivity contribution in [3.63, 3.8) is 0 Å². The molecule has 0 aromatic heterocycles. The van der Waals surface area contributed by atoms with Gasteiger partial charge in [-0.1, -0.05) is 23.2 Å². The maximum atomic E-state index is 11.7. The number of carbonyl (C=O) groups excluding carboxylic acids is 2. The summed E-state index contributed by atoms with van der Waals surface area (Å²) < 4.78 is 9.61. The number of ether oxygens (including phenoxy) is 2. The lowest BCUT2D eigenvalue weighted by Crippen LogP contribution is -2.22. The summed E-state index contributed by atoms with van der Waals surface area (Å²) in [5.41, 5.74) is 0.0579. The molecule has 1 heterocycles. The van der Waals surface area contributed by atoms with Crippen LogP contribution >= 0.6 is 23.2 Å². The maximum absolute atomic E-state index is 11.7. The maximum Gasteiger partial charge on any atom is 0.347 e. The number of rotatable bonds is 2. The van der Waals surface area contributed by atoms with Gasteiger partial charge in [0.1, 0.15) is 0 Å². The van der Waals surface area contributed by atoms with Gasteiger partial charge in [0.25, 0.3) is 0 Å². The molecule has 18 heavy (non-hydrogen) atoms. The Morgan fingerprint density at radius 2 is 2.00 bits per heavy atom. The minimum Gasteiger partial charge on any atom is -0.505 e. The molecule has 1 aliphatic rings. The summed E-state index contributed by atoms with van der Waals surface area (Å²) in [6.07, 6.45) is -0.576. The Labute approximate surface area is 112 Å². The number of hydrogen-bond donors (Lipinski definition) is 1. The zero-order valence-corrected chi connectivity index (χ0v) is 10.5. The third kappa shape index (κ3) is 2.52. The molecule has 0 bridgehead atoms. The van der Waals surface area contributed by atoms with Gasteiger partial charge in [-0.15, -0.1) is 0 Å². The number of cyclic esters (lactones) is 1. The van der Waals surface area contributed by atoms with E-state index in [1.807, 2.05) is 0 Å². The van der Waals surface area contributed by atoms with Gasteiger partial charge in [-0.05, 0) is 12.1 Å². The van der Waals surface area contributed by atoms with Crippen molar-refractivity contribution in [1.82, 2.24) is 0 Å². The summed E-state index contributed by atoms with van der Waals surface area (Å²) in [7, 11) is 0. The summed E-state index contributed by atoms with van der Waals surface area (Å²) in [5.74, 6) is -1.63. The first-order valence-electron chi connectivity index (χ1n) is 5.04. The first-order chi connectivity index (χ1) is 8.49. The van der Waals surface area contributed by atoms with Crippen molar-refractivity contribution < 1.29 is 24.2 Å². The van der Waals surface area contributed by atoms with Crippen LogP contribution in [-0.2, 0) is 14.3 Å². The predicted molar refractivity (Wildman–Crippen MR) is 62.9 cm³/mol. The first-order valence-corrected chi connectivity index (χ1v) is 5.80. The quantitative estimate of drug-likeness (QED) is 0.845. The summed E-state index contributed by atoms with van der Waals surface area (Å²) in [4.78, 5) is 22.9. The van der Waals surface area contributed by atoms with Crippen LogP contribution in [0.25, 0.3) is 0 Å². The van der Waals surface area contributed by atoms with E-state index in [-0.39, 0.29) is 28.0 Å². The number of aromatic hydroxyl groups is 1. The van der Waals surface area contributed by atoms with Crippen LogP contribution in [0.4, 0.5) is 0 Å². The molecule has 0 saturated carbocycles. The van der Waals surface area contributed by atoms with E-state index in [4.69, 9.17) is 27.9 Å². The average Bonchev–Trinajstić information content (AvgIpc) is 2.71. The second-order valence-electron chi connectivity index (χ2n) is 3.64. The van der Waals surface area contributed by atoms with Crippen molar-refractivity contribution in [1.29, 1.82) is 0 Å². The van der Waals surface area contributed by atoms with Crippen LogP contribution in [0.5, 0.6) is 5.75 Å². The van der Waals surface area contributed by atoms with Gasteiger partial charge in [0.15, 0.2) is 5.75 Å². The molecular formula is C11H8Cl2O5. The van der Waals surface area contributed by atoms with Gasteiger partial charge in [0.05, 0.1) is 22.2 Å². The molecule has 1 fully saturated rings. The third-order valence-corrected chi connectivity index (χ3v) is 2.97. The molecule has 1 aromatic rings. The number of halogens is 2. The van der Waals surface area contributed by atoms with E-state index in [0.717, 1.165) is 0 Å². The van der Waals surface area contributed by atoms with Crippen LogP contribution < -0.4 is 0 Å². The number of benzene rings is 1. The van der Waals surface area contributed by atoms with Crippen molar-refractivity contribution in [2.24, 2.45) is 0 Å². The fourth-order valence-electron chi connectivity index (χ4n) is 1.47. The summed E-state index contributed by atoms with van der Waals surface area (Å²) in [6.45, 7) is 0.230. The molecular weight excluding hydrogens is 283 g/mol. The van der Waals surface area contributed by atoms with Crippen molar-refractivity contribution in [2.75, 3.05) is 6.61 Å². The SMILES string of the molecule is O=C(O[C@@H]1CCOC1=O)c1cc(Cl)c(O)c(Cl)c1. The number of phenolic OH excluding ortho intramolecular Hbond substituents is 1. The molecule has 0 aliphatic carbocycles. The number of carbonyl (C=O) groups is 2. The van der Waals surface area contributed by atoms with E-state index in [1.54, 1.807) is 0 Å². The Kier molecular flexibility index (Phi) is 3.63.